The summed E-state index contributed by atoms with van der Waals surface area (Å²) in [7, 11) is 3.24. The Morgan fingerprint density at radius 2 is 1.77 bits per heavy atom. The fraction of sp³-hybridized carbons (Fsp3) is 0.346. The molecule has 0 radical (unpaired) electrons. The van der Waals surface area contributed by atoms with Crippen LogP contribution in [0, 0.1) is 0 Å². The highest BCUT2D eigenvalue weighted by atomic mass is 32.1. The van der Waals surface area contributed by atoms with Gasteiger partial charge in [0.15, 0.2) is 0 Å². The maximum atomic E-state index is 13.3. The molecule has 35 heavy (non-hydrogen) atoms. The summed E-state index contributed by atoms with van der Waals surface area (Å²) in [5, 5.41) is 0. The molecule has 0 saturated carbocycles. The van der Waals surface area contributed by atoms with Crippen molar-refractivity contribution in [1.29, 1.82) is 0 Å². The van der Waals surface area contributed by atoms with Crippen molar-refractivity contribution in [3.8, 4) is 5.75 Å². The number of aromatic nitrogens is 1. The Balaban J connectivity index is 1.51. The van der Waals surface area contributed by atoms with Crippen LogP contribution in [0.4, 0.5) is 0 Å². The first-order valence-corrected chi connectivity index (χ1v) is 12.2. The number of pyridine rings is 1. The zero-order chi connectivity index (χ0) is 24.6. The number of ether oxygens (including phenoxy) is 3. The highest BCUT2D eigenvalue weighted by Crippen LogP contribution is 2.22. The Bertz CT molecular complexity index is 1120. The summed E-state index contributed by atoms with van der Waals surface area (Å²) < 4.78 is 16.6. The molecular formula is C26H29N3O5S. The smallest absolute Gasteiger partial charge is 0.264 e. The van der Waals surface area contributed by atoms with E-state index in [-0.39, 0.29) is 24.5 Å². The van der Waals surface area contributed by atoms with Crippen LogP contribution in [0.25, 0.3) is 0 Å². The van der Waals surface area contributed by atoms with E-state index in [4.69, 9.17) is 14.2 Å². The van der Waals surface area contributed by atoms with E-state index >= 15 is 0 Å². The van der Waals surface area contributed by atoms with Crippen molar-refractivity contribution in [1.82, 2.24) is 14.8 Å². The molecule has 3 heterocycles. The first kappa shape index (κ1) is 24.8. The molecule has 9 heteroatoms. The summed E-state index contributed by atoms with van der Waals surface area (Å²) in [6.07, 6.45) is 3.10. The molecule has 1 aromatic carbocycles. The van der Waals surface area contributed by atoms with E-state index in [1.165, 1.54) is 11.3 Å². The molecule has 0 bridgehead atoms. The number of amides is 2. The van der Waals surface area contributed by atoms with E-state index in [2.05, 4.69) is 4.98 Å². The third-order valence-electron chi connectivity index (χ3n) is 5.74. The van der Waals surface area contributed by atoms with Gasteiger partial charge in [-0.15, -0.1) is 11.3 Å². The number of methoxy groups -OCH3 is 2. The lowest BCUT2D eigenvalue weighted by Crippen LogP contribution is -2.39. The molecule has 0 aliphatic carbocycles. The largest absolute Gasteiger partial charge is 0.497 e. The number of hydrogen-bond acceptors (Lipinski definition) is 7. The van der Waals surface area contributed by atoms with Gasteiger partial charge in [-0.1, -0.05) is 12.1 Å². The molecule has 1 atom stereocenters. The molecule has 4 rings (SSSR count). The lowest BCUT2D eigenvalue weighted by molar-refractivity contribution is -0.132. The van der Waals surface area contributed by atoms with Crippen molar-refractivity contribution in [3.63, 3.8) is 0 Å². The minimum absolute atomic E-state index is 0.00160. The monoisotopic (exact) mass is 495 g/mol. The maximum Gasteiger partial charge on any atom is 0.264 e. The molecule has 1 aliphatic heterocycles. The van der Waals surface area contributed by atoms with Gasteiger partial charge >= 0.3 is 0 Å². The van der Waals surface area contributed by atoms with Crippen molar-refractivity contribution in [3.05, 3.63) is 81.8 Å². The lowest BCUT2D eigenvalue weighted by Gasteiger charge is -2.25. The van der Waals surface area contributed by atoms with Crippen molar-refractivity contribution < 1.29 is 23.8 Å². The highest BCUT2D eigenvalue weighted by Gasteiger charge is 2.32. The third kappa shape index (κ3) is 6.66. The Labute approximate surface area is 209 Å². The number of benzene rings is 1. The Kier molecular flexibility index (Phi) is 8.46. The summed E-state index contributed by atoms with van der Waals surface area (Å²) >= 11 is 1.38. The summed E-state index contributed by atoms with van der Waals surface area (Å²) in [6, 6.07) is 15.1. The molecule has 2 amide bonds. The van der Waals surface area contributed by atoms with Crippen LogP contribution in [0.1, 0.15) is 25.7 Å². The van der Waals surface area contributed by atoms with Crippen LogP contribution in [0.3, 0.4) is 0 Å². The molecule has 3 aromatic rings. The molecule has 1 saturated heterocycles. The van der Waals surface area contributed by atoms with Gasteiger partial charge < -0.3 is 24.0 Å². The highest BCUT2D eigenvalue weighted by molar-refractivity contribution is 7.14. The van der Waals surface area contributed by atoms with E-state index in [0.717, 1.165) is 21.8 Å². The fourth-order valence-corrected chi connectivity index (χ4v) is 4.85. The van der Waals surface area contributed by atoms with E-state index in [1.54, 1.807) is 42.5 Å². The topological polar surface area (TPSA) is 81.2 Å². The van der Waals surface area contributed by atoms with E-state index < -0.39 is 0 Å². The zero-order valence-corrected chi connectivity index (χ0v) is 20.7. The van der Waals surface area contributed by atoms with Gasteiger partial charge in [-0.05, 0) is 47.5 Å². The fourth-order valence-electron chi connectivity index (χ4n) is 3.90. The molecule has 1 aliphatic rings. The molecule has 184 valence electrons. The van der Waals surface area contributed by atoms with E-state index in [1.807, 2.05) is 42.5 Å². The molecule has 8 nitrogen and oxygen atoms in total. The first-order chi connectivity index (χ1) is 17.1. The van der Waals surface area contributed by atoms with Crippen LogP contribution >= 0.6 is 11.3 Å². The average Bonchev–Trinajstić information content (AvgIpc) is 3.29. The number of hydrogen-bond donors (Lipinski definition) is 0. The van der Waals surface area contributed by atoms with Crippen LogP contribution in [0.2, 0.25) is 0 Å². The summed E-state index contributed by atoms with van der Waals surface area (Å²) in [4.78, 5) is 35.5. The zero-order valence-electron chi connectivity index (χ0n) is 19.9. The summed E-state index contributed by atoms with van der Waals surface area (Å²) in [6.45, 7) is 1.96. The molecule has 0 spiro atoms. The van der Waals surface area contributed by atoms with E-state index in [9.17, 15) is 9.59 Å². The quantitative estimate of drug-likeness (QED) is 0.453. The predicted molar refractivity (Wildman–Crippen MR) is 132 cm³/mol. The maximum absolute atomic E-state index is 13.3. The van der Waals surface area contributed by atoms with Crippen molar-refractivity contribution in [2.75, 3.05) is 33.9 Å². The average molecular weight is 496 g/mol. The molecule has 2 aromatic heterocycles. The third-order valence-corrected chi connectivity index (χ3v) is 6.79. The Morgan fingerprint density at radius 1 is 1.00 bits per heavy atom. The van der Waals surface area contributed by atoms with Crippen LogP contribution in [-0.4, -0.2) is 66.6 Å². The van der Waals surface area contributed by atoms with E-state index in [0.29, 0.717) is 37.7 Å². The van der Waals surface area contributed by atoms with Gasteiger partial charge in [-0.2, -0.15) is 0 Å². The van der Waals surface area contributed by atoms with Gasteiger partial charge in [0, 0.05) is 44.0 Å². The summed E-state index contributed by atoms with van der Waals surface area (Å²) in [5.41, 5.74) is 1.96. The predicted octanol–water partition coefficient (Wildman–Crippen LogP) is 3.37. The number of nitrogens with zero attached hydrogens (tertiary/aromatic N) is 3. The Morgan fingerprint density at radius 3 is 2.49 bits per heavy atom. The molecular weight excluding hydrogens is 466 g/mol. The van der Waals surface area contributed by atoms with Gasteiger partial charge in [0.05, 0.1) is 31.3 Å². The molecule has 0 N–H and O–H groups in total. The van der Waals surface area contributed by atoms with Crippen LogP contribution < -0.4 is 4.74 Å². The van der Waals surface area contributed by atoms with Crippen molar-refractivity contribution in [2.24, 2.45) is 0 Å². The normalized spacial score (nSPS) is 16.3. The number of carbonyl (C=O) groups excluding carboxylic acids is 2. The van der Waals surface area contributed by atoms with Gasteiger partial charge in [-0.25, -0.2) is 0 Å². The second kappa shape index (κ2) is 11.9. The van der Waals surface area contributed by atoms with Gasteiger partial charge in [0.2, 0.25) is 5.91 Å². The van der Waals surface area contributed by atoms with Gasteiger partial charge in [0.1, 0.15) is 12.3 Å². The minimum Gasteiger partial charge on any atom is -0.497 e. The SMILES string of the molecule is COCc1ccc(C(=O)N2CC(=O)N(Cc3ccc(OC)cc3)CC(OCc3ccncc3)C2)s1. The number of rotatable bonds is 9. The summed E-state index contributed by atoms with van der Waals surface area (Å²) in [5.74, 6) is 0.474. The molecule has 1 unspecified atom stereocenters. The standard InChI is InChI=1S/C26H29N3O5S/c1-32-18-23-7-8-24(35-23)26(31)29-15-22(34-17-20-9-11-27-12-10-20)14-28(25(30)16-29)13-19-3-5-21(33-2)6-4-19/h3-12,22H,13-18H2,1-2H3. The van der Waals surface area contributed by atoms with Crippen LogP contribution in [0.15, 0.2) is 60.9 Å². The minimum atomic E-state index is -0.338. The Hall–Kier alpha value is -3.27. The van der Waals surface area contributed by atoms with Crippen LogP contribution in [-0.2, 0) is 34.0 Å². The number of carbonyl (C=O) groups is 2. The van der Waals surface area contributed by atoms with Crippen molar-refractivity contribution >= 4 is 23.2 Å². The second-order valence-corrected chi connectivity index (χ2v) is 9.46. The first-order valence-electron chi connectivity index (χ1n) is 11.3. The van der Waals surface area contributed by atoms with Crippen molar-refractivity contribution in [2.45, 2.75) is 25.9 Å². The number of thiophene rings is 1. The van der Waals surface area contributed by atoms with Crippen LogP contribution in [0.5, 0.6) is 5.75 Å². The van der Waals surface area contributed by atoms with Gasteiger partial charge in [0.25, 0.3) is 5.91 Å². The second-order valence-electron chi connectivity index (χ2n) is 8.30. The van der Waals surface area contributed by atoms with Gasteiger partial charge in [-0.3, -0.25) is 14.6 Å². The molecule has 1 fully saturated rings. The lowest BCUT2D eigenvalue weighted by atomic mass is 10.2.